The first kappa shape index (κ1) is 51.3. The number of esters is 2. The van der Waals surface area contributed by atoms with E-state index in [9.17, 15) is 19.5 Å². The SMILES string of the molecule is CCCCC/C=C/C/C=C/C/C=C/CCCCCCCCCCCC(=O)OCC(COCCC(C(=O)[O-])[N+](C)(C)C)OC(=O)CC/C=C/CCCCCC. The summed E-state index contributed by atoms with van der Waals surface area (Å²) in [6, 6.07) is -0.731. The first-order valence-electron chi connectivity index (χ1n) is 21.7. The molecule has 0 saturated heterocycles. The number of carbonyl (C=O) groups is 3. The summed E-state index contributed by atoms with van der Waals surface area (Å²) < 4.78 is 17.0. The molecule has 0 heterocycles. The number of carboxylic acid groups (broad SMARTS) is 1. The maximum Gasteiger partial charge on any atom is 0.306 e. The van der Waals surface area contributed by atoms with Gasteiger partial charge in [0.2, 0.25) is 0 Å². The Hall–Kier alpha value is -2.71. The number of quaternary nitrogens is 1. The number of ether oxygens (including phenoxy) is 3. The zero-order valence-electron chi connectivity index (χ0n) is 35.4. The van der Waals surface area contributed by atoms with Gasteiger partial charge in [-0.05, 0) is 64.2 Å². The van der Waals surface area contributed by atoms with E-state index in [0.717, 1.165) is 51.4 Å². The smallest absolute Gasteiger partial charge is 0.306 e. The van der Waals surface area contributed by atoms with Crippen molar-refractivity contribution in [2.75, 3.05) is 41.0 Å². The maximum absolute atomic E-state index is 12.6. The summed E-state index contributed by atoms with van der Waals surface area (Å²) in [6.45, 7) is 4.53. The number of rotatable bonds is 38. The van der Waals surface area contributed by atoms with Gasteiger partial charge in [0, 0.05) is 19.3 Å². The van der Waals surface area contributed by atoms with Crippen LogP contribution in [0.25, 0.3) is 0 Å². The average Bonchev–Trinajstić information content (AvgIpc) is 3.12. The van der Waals surface area contributed by atoms with Gasteiger partial charge in [-0.2, -0.15) is 0 Å². The summed E-state index contributed by atoms with van der Waals surface area (Å²) in [5, 5.41) is 11.6. The molecule has 8 nitrogen and oxygen atoms in total. The van der Waals surface area contributed by atoms with Crippen LogP contribution < -0.4 is 5.11 Å². The van der Waals surface area contributed by atoms with Crippen LogP contribution in [0.4, 0.5) is 0 Å². The minimum Gasteiger partial charge on any atom is -0.544 e. The summed E-state index contributed by atoms with van der Waals surface area (Å²) in [7, 11) is 5.38. The Morgan fingerprint density at radius 2 is 1.02 bits per heavy atom. The van der Waals surface area contributed by atoms with Crippen molar-refractivity contribution in [3.63, 3.8) is 0 Å². The number of carboxylic acids is 1. The third-order valence-corrected chi connectivity index (χ3v) is 9.45. The lowest BCUT2D eigenvalue weighted by Gasteiger charge is -2.34. The van der Waals surface area contributed by atoms with Crippen LogP contribution in [0.1, 0.15) is 174 Å². The Labute approximate surface area is 331 Å². The summed E-state index contributed by atoms with van der Waals surface area (Å²) in [4.78, 5) is 36.6. The van der Waals surface area contributed by atoms with Crippen LogP contribution >= 0.6 is 0 Å². The monoisotopic (exact) mass is 760 g/mol. The lowest BCUT2D eigenvalue weighted by Crippen LogP contribution is -2.55. The van der Waals surface area contributed by atoms with Crippen molar-refractivity contribution in [3.05, 3.63) is 48.6 Å². The second-order valence-electron chi connectivity index (χ2n) is 15.6. The molecule has 0 radical (unpaired) electrons. The van der Waals surface area contributed by atoms with E-state index in [-0.39, 0.29) is 49.1 Å². The lowest BCUT2D eigenvalue weighted by molar-refractivity contribution is -0.889. The zero-order chi connectivity index (χ0) is 40.0. The van der Waals surface area contributed by atoms with Crippen molar-refractivity contribution in [2.24, 2.45) is 0 Å². The predicted molar refractivity (Wildman–Crippen MR) is 222 cm³/mol. The molecule has 0 saturated carbocycles. The van der Waals surface area contributed by atoms with Crippen LogP contribution in [0, 0.1) is 0 Å². The molecule has 0 aromatic heterocycles. The second-order valence-corrected chi connectivity index (χ2v) is 15.6. The van der Waals surface area contributed by atoms with Gasteiger partial charge in [-0.15, -0.1) is 0 Å². The van der Waals surface area contributed by atoms with E-state index in [4.69, 9.17) is 14.2 Å². The molecule has 312 valence electrons. The maximum atomic E-state index is 12.6. The predicted octanol–water partition coefficient (Wildman–Crippen LogP) is 10.3. The van der Waals surface area contributed by atoms with Crippen LogP contribution in [-0.2, 0) is 28.6 Å². The molecule has 0 aliphatic heterocycles. The number of hydrogen-bond acceptors (Lipinski definition) is 7. The molecule has 8 heteroatoms. The molecule has 0 aromatic rings. The third kappa shape index (κ3) is 35.0. The molecule has 0 aliphatic rings. The summed E-state index contributed by atoms with van der Waals surface area (Å²) >= 11 is 0. The quantitative estimate of drug-likeness (QED) is 0.0267. The van der Waals surface area contributed by atoms with Gasteiger partial charge in [0.25, 0.3) is 0 Å². The number of likely N-dealkylation sites (N-methyl/N-ethyl adjacent to an activating group) is 1. The number of aliphatic carboxylic acids is 1. The van der Waals surface area contributed by atoms with Crippen LogP contribution in [-0.4, -0.2) is 75.5 Å². The molecule has 0 spiro atoms. The highest BCUT2D eigenvalue weighted by atomic mass is 16.6. The second kappa shape index (κ2) is 37.2. The number of carbonyl (C=O) groups excluding carboxylic acids is 3. The van der Waals surface area contributed by atoms with E-state index < -0.39 is 18.1 Å². The van der Waals surface area contributed by atoms with Crippen molar-refractivity contribution in [1.82, 2.24) is 0 Å². The Bertz CT molecular complexity index is 1030. The van der Waals surface area contributed by atoms with Gasteiger partial charge in [-0.1, -0.05) is 140 Å². The average molecular weight is 760 g/mol. The van der Waals surface area contributed by atoms with Gasteiger partial charge in [0.05, 0.1) is 40.3 Å². The van der Waals surface area contributed by atoms with Crippen LogP contribution in [0.15, 0.2) is 48.6 Å². The van der Waals surface area contributed by atoms with E-state index in [1.807, 2.05) is 6.08 Å². The molecular weight excluding hydrogens is 679 g/mol. The summed E-state index contributed by atoms with van der Waals surface area (Å²) in [5.41, 5.74) is 0. The third-order valence-electron chi connectivity index (χ3n) is 9.45. The first-order valence-corrected chi connectivity index (χ1v) is 21.7. The largest absolute Gasteiger partial charge is 0.544 e. The Balaban J connectivity index is 4.21. The number of unbranched alkanes of at least 4 members (excludes halogenated alkanes) is 16. The van der Waals surface area contributed by atoms with Crippen LogP contribution in [0.5, 0.6) is 0 Å². The zero-order valence-corrected chi connectivity index (χ0v) is 35.4. The van der Waals surface area contributed by atoms with E-state index in [1.165, 1.54) is 83.5 Å². The van der Waals surface area contributed by atoms with Gasteiger partial charge >= 0.3 is 11.9 Å². The normalized spacial score (nSPS) is 13.4. The minimum atomic E-state index is -1.13. The van der Waals surface area contributed by atoms with E-state index in [1.54, 1.807) is 21.1 Å². The Morgan fingerprint density at radius 3 is 1.57 bits per heavy atom. The molecule has 0 rings (SSSR count). The van der Waals surface area contributed by atoms with Crippen molar-refractivity contribution in [2.45, 2.75) is 187 Å². The highest BCUT2D eigenvalue weighted by Crippen LogP contribution is 2.13. The number of allylic oxidation sites excluding steroid dienone is 8. The summed E-state index contributed by atoms with van der Waals surface area (Å²) in [5.74, 6) is -1.81. The minimum absolute atomic E-state index is 0.0229. The highest BCUT2D eigenvalue weighted by molar-refractivity contribution is 5.70. The fourth-order valence-corrected chi connectivity index (χ4v) is 6.03. The van der Waals surface area contributed by atoms with E-state index in [0.29, 0.717) is 12.8 Å². The molecule has 0 amide bonds. The van der Waals surface area contributed by atoms with Gasteiger partial charge in [-0.25, -0.2) is 0 Å². The number of hydrogen-bond donors (Lipinski definition) is 0. The van der Waals surface area contributed by atoms with Gasteiger partial charge in [0.15, 0.2) is 6.10 Å². The molecule has 0 bridgehead atoms. The van der Waals surface area contributed by atoms with E-state index in [2.05, 4.69) is 56.4 Å². The van der Waals surface area contributed by atoms with Gasteiger partial charge in [-0.3, -0.25) is 9.59 Å². The van der Waals surface area contributed by atoms with Crippen molar-refractivity contribution >= 4 is 17.9 Å². The Morgan fingerprint density at radius 1 is 0.556 bits per heavy atom. The Kier molecular flexibility index (Phi) is 35.4. The lowest BCUT2D eigenvalue weighted by atomic mass is 10.1. The van der Waals surface area contributed by atoms with Gasteiger partial charge < -0.3 is 28.6 Å². The molecule has 0 fully saturated rings. The van der Waals surface area contributed by atoms with Crippen molar-refractivity contribution in [3.8, 4) is 0 Å². The van der Waals surface area contributed by atoms with Gasteiger partial charge in [0.1, 0.15) is 12.6 Å². The van der Waals surface area contributed by atoms with Crippen LogP contribution in [0.2, 0.25) is 0 Å². The standard InChI is InChI=1S/C46H81NO7/c1-6-8-10-12-14-16-17-18-19-20-21-22-23-24-25-26-27-28-29-31-32-34-36-44(48)53-41-42(40-52-39-38-43(46(50)51)47(3,4)5)54-45(49)37-35-33-30-15-13-11-9-7-2/h14,16,18-19,21-22,30,33,42-43H,6-13,15,17,20,23-29,31-32,34-41H2,1-5H3/b16-14+,19-18+,22-21+,33-30+. The molecular formula is C46H81NO7. The van der Waals surface area contributed by atoms with Crippen molar-refractivity contribution in [1.29, 1.82) is 0 Å². The van der Waals surface area contributed by atoms with Crippen LogP contribution in [0.3, 0.4) is 0 Å². The molecule has 2 unspecified atom stereocenters. The highest BCUT2D eigenvalue weighted by Gasteiger charge is 2.25. The van der Waals surface area contributed by atoms with Crippen molar-refractivity contribution < 1.29 is 38.2 Å². The summed E-state index contributed by atoms with van der Waals surface area (Å²) in [6.07, 6.45) is 43.1. The molecule has 0 aromatic carbocycles. The molecule has 0 aliphatic carbocycles. The molecule has 54 heavy (non-hydrogen) atoms. The fourth-order valence-electron chi connectivity index (χ4n) is 6.03. The fraction of sp³-hybridized carbons (Fsp3) is 0.761. The number of nitrogens with zero attached hydrogens (tertiary/aromatic N) is 1. The molecule has 2 atom stereocenters. The first-order chi connectivity index (χ1) is 26.1. The molecule has 0 N–H and O–H groups in total. The van der Waals surface area contributed by atoms with E-state index >= 15 is 0 Å². The topological polar surface area (TPSA) is 102 Å².